The highest BCUT2D eigenvalue weighted by molar-refractivity contribution is 9.11. The molecule has 224 valence electrons. The first-order valence-corrected chi connectivity index (χ1v) is 15.3. The molecular formula is C30H24Br3NO9. The number of benzene rings is 3. The molecule has 2 saturated heterocycles. The minimum Gasteiger partial charge on any atom is -0.459 e. The van der Waals surface area contributed by atoms with Crippen LogP contribution in [0.4, 0.5) is 0 Å². The molecule has 2 aliphatic rings. The van der Waals surface area contributed by atoms with Crippen LogP contribution in [-0.2, 0) is 28.5 Å². The number of rotatable bonds is 8. The minimum atomic E-state index is -1.57. The molecule has 0 unspecified atom stereocenters. The number of carbonyl (C=O) groups is 4. The predicted octanol–water partition coefficient (Wildman–Crippen LogP) is 5.21. The zero-order valence-electron chi connectivity index (χ0n) is 22.5. The lowest BCUT2D eigenvalue weighted by Crippen LogP contribution is -2.68. The fourth-order valence-electron chi connectivity index (χ4n) is 4.75. The highest BCUT2D eigenvalue weighted by atomic mass is 79.9. The summed E-state index contributed by atoms with van der Waals surface area (Å²) in [6.45, 7) is 0.690. The van der Waals surface area contributed by atoms with Gasteiger partial charge in [0, 0.05) is 20.3 Å². The summed E-state index contributed by atoms with van der Waals surface area (Å²) in [5.74, 6) is -2.60. The van der Waals surface area contributed by atoms with Gasteiger partial charge in [-0.25, -0.2) is 14.4 Å². The van der Waals surface area contributed by atoms with Crippen LogP contribution >= 0.6 is 47.8 Å². The highest BCUT2D eigenvalue weighted by Crippen LogP contribution is 2.41. The highest BCUT2D eigenvalue weighted by Gasteiger charge is 2.64. The molecule has 0 saturated carbocycles. The molecule has 3 aromatic rings. The number of ether oxygens (including phenoxy) is 5. The Balaban J connectivity index is 1.49. The number of halogens is 3. The van der Waals surface area contributed by atoms with E-state index in [2.05, 4.69) is 53.1 Å². The largest absolute Gasteiger partial charge is 0.459 e. The number of carbonyl (C=O) groups excluding carboxylic acids is 4. The van der Waals surface area contributed by atoms with E-state index in [1.165, 1.54) is 6.92 Å². The molecule has 10 nitrogen and oxygen atoms in total. The lowest BCUT2D eigenvalue weighted by Gasteiger charge is -2.45. The molecule has 0 spiro atoms. The third-order valence-corrected chi connectivity index (χ3v) is 8.43. The van der Waals surface area contributed by atoms with E-state index in [-0.39, 0.29) is 23.3 Å². The number of hydrogen-bond donors (Lipinski definition) is 1. The van der Waals surface area contributed by atoms with Crippen molar-refractivity contribution >= 4 is 71.6 Å². The van der Waals surface area contributed by atoms with E-state index in [0.29, 0.717) is 0 Å². The lowest BCUT2D eigenvalue weighted by atomic mass is 9.87. The number of fused-ring (bicyclic) bond motifs is 2. The van der Waals surface area contributed by atoms with Crippen molar-refractivity contribution < 1.29 is 42.9 Å². The summed E-state index contributed by atoms with van der Waals surface area (Å²) in [6.07, 6.45) is -3.75. The van der Waals surface area contributed by atoms with Gasteiger partial charge in [0.25, 0.3) is 0 Å². The van der Waals surface area contributed by atoms with Crippen molar-refractivity contribution in [2.24, 2.45) is 0 Å². The molecule has 2 bridgehead atoms. The average molecular weight is 782 g/mol. The van der Waals surface area contributed by atoms with Crippen LogP contribution in [0, 0.1) is 0 Å². The third kappa shape index (κ3) is 7.18. The summed E-state index contributed by atoms with van der Waals surface area (Å²) in [4.78, 5) is 51.9. The monoisotopic (exact) mass is 779 g/mol. The van der Waals surface area contributed by atoms with Crippen molar-refractivity contribution in [3.8, 4) is 0 Å². The molecule has 3 aromatic carbocycles. The van der Waals surface area contributed by atoms with Gasteiger partial charge in [0.15, 0.2) is 24.1 Å². The number of hydrogen-bond acceptors (Lipinski definition) is 9. The first-order chi connectivity index (χ1) is 20.5. The summed E-state index contributed by atoms with van der Waals surface area (Å²) in [5, 5.41) is 2.71. The van der Waals surface area contributed by atoms with Gasteiger partial charge in [-0.15, -0.1) is 0 Å². The van der Waals surface area contributed by atoms with Crippen LogP contribution in [0.3, 0.4) is 0 Å². The zero-order valence-corrected chi connectivity index (χ0v) is 27.2. The Morgan fingerprint density at radius 3 is 1.72 bits per heavy atom. The SMILES string of the molecule is CC(=O)N[C@H]1[C@H]2OC[C@](COC(=O)c3ccc(Br)cc3)(O2)[C@H](OC(=O)c2ccc(Br)cc2)[C@@H]1OC(=O)c1ccc(Br)cc1. The molecule has 5 atom stereocenters. The van der Waals surface area contributed by atoms with Gasteiger partial charge in [0.2, 0.25) is 5.91 Å². The van der Waals surface area contributed by atoms with E-state index in [1.807, 2.05) is 0 Å². The number of amides is 1. The second kappa shape index (κ2) is 13.3. The molecular weight excluding hydrogens is 758 g/mol. The fraction of sp³-hybridized carbons (Fsp3) is 0.267. The van der Waals surface area contributed by atoms with Crippen molar-refractivity contribution in [2.45, 2.75) is 37.1 Å². The maximum atomic E-state index is 13.4. The van der Waals surface area contributed by atoms with Gasteiger partial charge in [0.05, 0.1) is 23.3 Å². The van der Waals surface area contributed by atoms with E-state index >= 15 is 0 Å². The standard InChI is InChI=1S/C30H24Br3NO9/c1-16(35)34-23-24(41-27(37)18-4-10-21(32)11-5-18)25(42-28(38)19-6-12-22(33)13-7-19)30(15-40-29(23)43-30)14-39-26(36)17-2-8-20(31)9-3-17/h2-13,23-25,29H,14-15H2,1H3,(H,34,35)/t23-,24-,25-,29+,30+/m1/s1. The van der Waals surface area contributed by atoms with E-state index in [4.69, 9.17) is 23.7 Å². The Labute approximate surface area is 271 Å². The molecule has 0 aromatic heterocycles. The molecule has 2 heterocycles. The average Bonchev–Trinajstić information content (AvgIpc) is 3.38. The van der Waals surface area contributed by atoms with Crippen molar-refractivity contribution in [1.29, 1.82) is 0 Å². The quantitative estimate of drug-likeness (QED) is 0.242. The van der Waals surface area contributed by atoms with E-state index in [9.17, 15) is 19.2 Å². The fourth-order valence-corrected chi connectivity index (χ4v) is 5.54. The van der Waals surface area contributed by atoms with Crippen LogP contribution in [0.2, 0.25) is 0 Å². The Bertz CT molecular complexity index is 1520. The molecule has 1 N–H and O–H groups in total. The van der Waals surface area contributed by atoms with Gasteiger partial charge >= 0.3 is 17.9 Å². The zero-order chi connectivity index (χ0) is 30.7. The molecule has 13 heteroatoms. The van der Waals surface area contributed by atoms with Crippen molar-refractivity contribution in [3.63, 3.8) is 0 Å². The summed E-state index contributed by atoms with van der Waals surface area (Å²) in [5.41, 5.74) is -0.859. The van der Waals surface area contributed by atoms with Gasteiger partial charge in [-0.05, 0) is 72.8 Å². The van der Waals surface area contributed by atoms with E-state index in [0.717, 1.165) is 13.4 Å². The van der Waals surface area contributed by atoms with Gasteiger partial charge in [-0.1, -0.05) is 47.8 Å². The van der Waals surface area contributed by atoms with Crippen LogP contribution in [0.15, 0.2) is 86.2 Å². The van der Waals surface area contributed by atoms with E-state index < -0.39 is 60.6 Å². The molecule has 0 aliphatic carbocycles. The minimum absolute atomic E-state index is 0.189. The van der Waals surface area contributed by atoms with Crippen molar-refractivity contribution in [1.82, 2.24) is 5.32 Å². The van der Waals surface area contributed by atoms with Crippen molar-refractivity contribution in [3.05, 3.63) is 103 Å². The van der Waals surface area contributed by atoms with E-state index in [1.54, 1.807) is 72.8 Å². The van der Waals surface area contributed by atoms with Gasteiger partial charge in [-0.3, -0.25) is 4.79 Å². The Hall–Kier alpha value is -3.10. The summed E-state index contributed by atoms with van der Waals surface area (Å²) >= 11 is 10.0. The van der Waals surface area contributed by atoms with Crippen molar-refractivity contribution in [2.75, 3.05) is 13.2 Å². The molecule has 5 rings (SSSR count). The third-order valence-electron chi connectivity index (χ3n) is 6.84. The van der Waals surface area contributed by atoms with Crippen LogP contribution in [-0.4, -0.2) is 67.2 Å². The summed E-state index contributed by atoms with van der Waals surface area (Å²) in [7, 11) is 0. The van der Waals surface area contributed by atoms with Gasteiger partial charge < -0.3 is 29.0 Å². The van der Waals surface area contributed by atoms with Gasteiger partial charge in [0.1, 0.15) is 12.6 Å². The maximum Gasteiger partial charge on any atom is 0.338 e. The van der Waals surface area contributed by atoms with Crippen LogP contribution in [0.1, 0.15) is 38.0 Å². The second-order valence-corrected chi connectivity index (χ2v) is 12.6. The van der Waals surface area contributed by atoms with Crippen LogP contribution < -0.4 is 5.32 Å². The predicted molar refractivity (Wildman–Crippen MR) is 162 cm³/mol. The summed E-state index contributed by atoms with van der Waals surface area (Å²) in [6, 6.07) is 18.4. The topological polar surface area (TPSA) is 126 Å². The Morgan fingerprint density at radius 2 is 1.23 bits per heavy atom. The second-order valence-electron chi connectivity index (χ2n) is 9.88. The Kier molecular flexibility index (Phi) is 9.67. The first-order valence-electron chi connectivity index (χ1n) is 13.0. The summed E-state index contributed by atoms with van der Waals surface area (Å²) < 4.78 is 32.0. The van der Waals surface area contributed by atoms with Crippen LogP contribution in [0.5, 0.6) is 0 Å². The lowest BCUT2D eigenvalue weighted by molar-refractivity contribution is -0.233. The molecule has 0 radical (unpaired) electrons. The number of nitrogens with one attached hydrogen (secondary N) is 1. The first kappa shape index (κ1) is 31.3. The molecule has 2 aliphatic heterocycles. The van der Waals surface area contributed by atoms with Gasteiger partial charge in [-0.2, -0.15) is 0 Å². The van der Waals surface area contributed by atoms with Crippen LogP contribution in [0.25, 0.3) is 0 Å². The molecule has 43 heavy (non-hydrogen) atoms. The Morgan fingerprint density at radius 1 is 0.767 bits per heavy atom. The maximum absolute atomic E-state index is 13.4. The molecule has 2 fully saturated rings. The normalized spacial score (nSPS) is 24.1. The smallest absolute Gasteiger partial charge is 0.338 e. The molecule has 1 amide bonds. The number of esters is 3.